The van der Waals surface area contributed by atoms with Crippen molar-refractivity contribution >= 4 is 28.2 Å². The summed E-state index contributed by atoms with van der Waals surface area (Å²) in [5.41, 5.74) is 2.33. The van der Waals surface area contributed by atoms with Crippen LogP contribution in [0.4, 0.5) is 5.82 Å². The van der Waals surface area contributed by atoms with E-state index in [1.54, 1.807) is 6.07 Å². The molecule has 140 valence electrons. The van der Waals surface area contributed by atoms with Crippen LogP contribution < -0.4 is 5.32 Å². The lowest BCUT2D eigenvalue weighted by Crippen LogP contribution is -2.40. The topological polar surface area (TPSA) is 61.3 Å². The van der Waals surface area contributed by atoms with Crippen LogP contribution in [0.1, 0.15) is 18.4 Å². The largest absolute Gasteiger partial charge is 0.507 e. The Balaban J connectivity index is 1.79. The zero-order valence-corrected chi connectivity index (χ0v) is 16.3. The first-order valence-electron chi connectivity index (χ1n) is 9.22. The molecule has 0 spiro atoms. The molecule has 5 nitrogen and oxygen atoms in total. The predicted molar refractivity (Wildman–Crippen MR) is 111 cm³/mol. The molecule has 2 aromatic carbocycles. The van der Waals surface area contributed by atoms with Gasteiger partial charge in [0.15, 0.2) is 5.82 Å². The van der Waals surface area contributed by atoms with Crippen molar-refractivity contribution in [2.75, 3.05) is 25.5 Å². The molecule has 6 heteroatoms. The van der Waals surface area contributed by atoms with Crippen LogP contribution in [-0.4, -0.2) is 46.4 Å². The van der Waals surface area contributed by atoms with Gasteiger partial charge in [-0.25, -0.2) is 0 Å². The molecule has 1 aliphatic heterocycles. The number of nitrogens with one attached hydrogen (secondary N) is 1. The molecule has 0 bridgehead atoms. The monoisotopic (exact) mass is 382 g/mol. The van der Waals surface area contributed by atoms with Gasteiger partial charge in [0.2, 0.25) is 0 Å². The fraction of sp³-hybridized carbons (Fsp3) is 0.333. The number of phenolic OH excluding ortho intramolecular Hbond substituents is 1. The Hall–Kier alpha value is -2.37. The van der Waals surface area contributed by atoms with Crippen LogP contribution in [0, 0.1) is 6.92 Å². The summed E-state index contributed by atoms with van der Waals surface area (Å²) in [4.78, 5) is 2.32. The Morgan fingerprint density at radius 1 is 1.15 bits per heavy atom. The number of likely N-dealkylation sites (N-methyl/N-ethyl adjacent to an activating group) is 1. The Bertz CT molecular complexity index is 991. The number of nitrogens with zero attached hydrogens (tertiary/aromatic N) is 3. The average molecular weight is 383 g/mol. The SMILES string of the molecule is Cc1ccc(-c2nnc(NC3CCCN(C)C3)c3cc(Cl)ccc23)c(O)c1. The van der Waals surface area contributed by atoms with Gasteiger partial charge in [-0.1, -0.05) is 23.7 Å². The van der Waals surface area contributed by atoms with Gasteiger partial charge in [-0.05, 0) is 63.2 Å². The molecule has 27 heavy (non-hydrogen) atoms. The predicted octanol–water partition coefficient (Wildman–Crippen LogP) is 4.47. The van der Waals surface area contributed by atoms with Gasteiger partial charge >= 0.3 is 0 Å². The number of hydrogen-bond acceptors (Lipinski definition) is 5. The number of aromatic nitrogens is 2. The summed E-state index contributed by atoms with van der Waals surface area (Å²) in [6.07, 6.45) is 2.27. The number of hydrogen-bond donors (Lipinski definition) is 2. The summed E-state index contributed by atoms with van der Waals surface area (Å²) in [7, 11) is 2.14. The Labute approximate surface area is 164 Å². The lowest BCUT2D eigenvalue weighted by Gasteiger charge is -2.30. The van der Waals surface area contributed by atoms with Crippen molar-refractivity contribution < 1.29 is 5.11 Å². The van der Waals surface area contributed by atoms with Gasteiger partial charge in [-0.3, -0.25) is 0 Å². The van der Waals surface area contributed by atoms with Gasteiger partial charge in [-0.2, -0.15) is 0 Å². The minimum atomic E-state index is 0.204. The van der Waals surface area contributed by atoms with Crippen molar-refractivity contribution in [3.63, 3.8) is 0 Å². The smallest absolute Gasteiger partial charge is 0.156 e. The molecule has 1 aromatic heterocycles. The molecule has 4 rings (SSSR count). The van der Waals surface area contributed by atoms with Gasteiger partial charge in [0.25, 0.3) is 0 Å². The van der Waals surface area contributed by atoms with Gasteiger partial charge in [0, 0.05) is 33.9 Å². The van der Waals surface area contributed by atoms with Gasteiger partial charge < -0.3 is 15.3 Å². The third-order valence-corrected chi connectivity index (χ3v) is 5.35. The molecule has 3 aromatic rings. The second kappa shape index (κ2) is 7.33. The average Bonchev–Trinajstić information content (AvgIpc) is 2.63. The number of halogens is 1. The summed E-state index contributed by atoms with van der Waals surface area (Å²) in [6.45, 7) is 4.05. The molecule has 2 heterocycles. The van der Waals surface area contributed by atoms with Crippen molar-refractivity contribution in [2.24, 2.45) is 0 Å². The minimum Gasteiger partial charge on any atom is -0.507 e. The fourth-order valence-electron chi connectivity index (χ4n) is 3.75. The number of aryl methyl sites for hydroxylation is 1. The Morgan fingerprint density at radius 3 is 2.78 bits per heavy atom. The van der Waals surface area contributed by atoms with E-state index in [4.69, 9.17) is 11.6 Å². The molecule has 0 saturated carbocycles. The zero-order valence-electron chi connectivity index (χ0n) is 15.5. The fourth-order valence-corrected chi connectivity index (χ4v) is 3.92. The van der Waals surface area contributed by atoms with Crippen LogP contribution in [0.2, 0.25) is 5.02 Å². The first-order chi connectivity index (χ1) is 13.0. The van der Waals surface area contributed by atoms with Crippen LogP contribution in [0.5, 0.6) is 5.75 Å². The number of aromatic hydroxyl groups is 1. The normalized spacial score (nSPS) is 18.0. The Kier molecular flexibility index (Phi) is 4.89. The van der Waals surface area contributed by atoms with Crippen LogP contribution in [-0.2, 0) is 0 Å². The van der Waals surface area contributed by atoms with Crippen molar-refractivity contribution in [3.8, 4) is 17.0 Å². The molecule has 1 aliphatic rings. The van der Waals surface area contributed by atoms with E-state index in [1.165, 1.54) is 0 Å². The van der Waals surface area contributed by atoms with E-state index < -0.39 is 0 Å². The number of benzene rings is 2. The second-order valence-electron chi connectivity index (χ2n) is 7.35. The maximum absolute atomic E-state index is 10.4. The highest BCUT2D eigenvalue weighted by molar-refractivity contribution is 6.31. The molecule has 0 radical (unpaired) electrons. The van der Waals surface area contributed by atoms with E-state index in [0.717, 1.165) is 48.1 Å². The van der Waals surface area contributed by atoms with Crippen LogP contribution in [0.15, 0.2) is 36.4 Å². The summed E-state index contributed by atoms with van der Waals surface area (Å²) in [6, 6.07) is 11.6. The molecular weight excluding hydrogens is 360 g/mol. The highest BCUT2D eigenvalue weighted by Gasteiger charge is 2.20. The highest BCUT2D eigenvalue weighted by atomic mass is 35.5. The molecule has 1 unspecified atom stereocenters. The molecule has 1 saturated heterocycles. The van der Waals surface area contributed by atoms with E-state index in [1.807, 2.05) is 37.3 Å². The quantitative estimate of drug-likeness (QED) is 0.699. The number of phenols is 1. The van der Waals surface area contributed by atoms with Gasteiger partial charge in [-0.15, -0.1) is 10.2 Å². The van der Waals surface area contributed by atoms with Crippen molar-refractivity contribution in [3.05, 3.63) is 47.0 Å². The van der Waals surface area contributed by atoms with E-state index in [9.17, 15) is 5.11 Å². The van der Waals surface area contributed by atoms with Gasteiger partial charge in [0.05, 0.1) is 0 Å². The molecular formula is C21H23ClN4O. The lowest BCUT2D eigenvalue weighted by molar-refractivity contribution is 0.261. The van der Waals surface area contributed by atoms with E-state index in [2.05, 4.69) is 27.5 Å². The van der Waals surface area contributed by atoms with Crippen LogP contribution in [0.3, 0.4) is 0 Å². The maximum Gasteiger partial charge on any atom is 0.156 e. The van der Waals surface area contributed by atoms with Crippen LogP contribution >= 0.6 is 11.6 Å². The standard InChI is InChI=1S/C21H23ClN4O/c1-13-5-7-17(19(27)10-13)20-16-8-6-14(22)11-18(16)21(25-24-20)23-15-4-3-9-26(2)12-15/h5-8,10-11,15,27H,3-4,9,12H2,1-2H3,(H,23,25). The third kappa shape index (κ3) is 3.70. The lowest BCUT2D eigenvalue weighted by atomic mass is 10.0. The number of rotatable bonds is 3. The van der Waals surface area contributed by atoms with Crippen LogP contribution in [0.25, 0.3) is 22.0 Å². The summed E-state index contributed by atoms with van der Waals surface area (Å²) < 4.78 is 0. The summed E-state index contributed by atoms with van der Waals surface area (Å²) in [5.74, 6) is 0.943. The Morgan fingerprint density at radius 2 is 2.00 bits per heavy atom. The van der Waals surface area contributed by atoms with E-state index in [0.29, 0.717) is 22.3 Å². The molecule has 0 amide bonds. The number of anilines is 1. The van der Waals surface area contributed by atoms with E-state index >= 15 is 0 Å². The molecule has 2 N–H and O–H groups in total. The number of piperidine rings is 1. The van der Waals surface area contributed by atoms with Gasteiger partial charge in [0.1, 0.15) is 11.4 Å². The van der Waals surface area contributed by atoms with Crippen molar-refractivity contribution in [1.29, 1.82) is 0 Å². The second-order valence-corrected chi connectivity index (χ2v) is 7.79. The zero-order chi connectivity index (χ0) is 19.0. The van der Waals surface area contributed by atoms with Crippen molar-refractivity contribution in [1.82, 2.24) is 15.1 Å². The minimum absolute atomic E-state index is 0.204. The summed E-state index contributed by atoms with van der Waals surface area (Å²) in [5, 5.41) is 25.3. The highest BCUT2D eigenvalue weighted by Crippen LogP contribution is 2.36. The van der Waals surface area contributed by atoms with E-state index in [-0.39, 0.29) is 5.75 Å². The maximum atomic E-state index is 10.4. The first kappa shape index (κ1) is 18.0. The van der Waals surface area contributed by atoms with Crippen molar-refractivity contribution in [2.45, 2.75) is 25.8 Å². The number of fused-ring (bicyclic) bond motifs is 1. The molecule has 1 fully saturated rings. The first-order valence-corrected chi connectivity index (χ1v) is 9.60. The summed E-state index contributed by atoms with van der Waals surface area (Å²) >= 11 is 6.27. The molecule has 1 atom stereocenters. The molecule has 0 aliphatic carbocycles. The third-order valence-electron chi connectivity index (χ3n) is 5.12. The number of likely N-dealkylation sites (tertiary alicyclic amines) is 1.